The highest BCUT2D eigenvalue weighted by Gasteiger charge is 2.23. The molecule has 1 aromatic heterocycles. The Labute approximate surface area is 134 Å². The Kier molecular flexibility index (Phi) is 4.57. The number of hydrogen-bond acceptors (Lipinski definition) is 6. The van der Waals surface area contributed by atoms with Gasteiger partial charge in [-0.05, 0) is 38.0 Å². The number of aliphatic hydroxyl groups is 1. The molecule has 2 N–H and O–H groups in total. The Morgan fingerprint density at radius 3 is 3.13 bits per heavy atom. The van der Waals surface area contributed by atoms with E-state index in [2.05, 4.69) is 15.5 Å². The lowest BCUT2D eigenvalue weighted by molar-refractivity contribution is 0.0474. The molecule has 1 amide bonds. The number of carbonyl (C=O) groups is 1. The average Bonchev–Trinajstić information content (AvgIpc) is 2.98. The quantitative estimate of drug-likeness (QED) is 0.890. The number of likely N-dealkylation sites (tertiary alicyclic amines) is 1. The van der Waals surface area contributed by atoms with Crippen LogP contribution in [0.2, 0.25) is 0 Å². The minimum atomic E-state index is -0.422. The van der Waals surface area contributed by atoms with E-state index in [1.165, 1.54) is 0 Å². The molecule has 2 aromatic rings. The number of piperidine rings is 1. The van der Waals surface area contributed by atoms with Gasteiger partial charge in [-0.3, -0.25) is 4.79 Å². The van der Waals surface area contributed by atoms with Crippen molar-refractivity contribution in [3.8, 4) is 0 Å². The zero-order chi connectivity index (χ0) is 16.2. The highest BCUT2D eigenvalue weighted by molar-refractivity contribution is 5.95. The van der Waals surface area contributed by atoms with Gasteiger partial charge in [-0.2, -0.15) is 4.98 Å². The van der Waals surface area contributed by atoms with Crippen LogP contribution in [0, 0.1) is 6.92 Å². The second-order valence-corrected chi connectivity index (χ2v) is 5.72. The van der Waals surface area contributed by atoms with Crippen LogP contribution in [0.15, 0.2) is 28.8 Å². The summed E-state index contributed by atoms with van der Waals surface area (Å²) in [6, 6.07) is 7.29. The summed E-state index contributed by atoms with van der Waals surface area (Å²) in [5.41, 5.74) is 1.41. The summed E-state index contributed by atoms with van der Waals surface area (Å²) in [4.78, 5) is 18.3. The van der Waals surface area contributed by atoms with Gasteiger partial charge in [0.1, 0.15) is 0 Å². The molecule has 122 valence electrons. The number of β-amino-alcohol motifs (C(OH)–C–C–N with tert-alkyl or cyclic N) is 1. The molecule has 1 saturated heterocycles. The zero-order valence-corrected chi connectivity index (χ0v) is 13.0. The highest BCUT2D eigenvalue weighted by Crippen LogP contribution is 2.17. The lowest BCUT2D eigenvalue weighted by Crippen LogP contribution is -2.42. The second-order valence-electron chi connectivity index (χ2n) is 5.72. The first-order valence-corrected chi connectivity index (χ1v) is 7.72. The number of nitrogens with zero attached hydrogens (tertiary/aromatic N) is 3. The van der Waals surface area contributed by atoms with Gasteiger partial charge in [-0.25, -0.2) is 0 Å². The van der Waals surface area contributed by atoms with Gasteiger partial charge >= 0.3 is 0 Å². The Morgan fingerprint density at radius 2 is 2.39 bits per heavy atom. The van der Waals surface area contributed by atoms with Crippen LogP contribution in [0.3, 0.4) is 0 Å². The maximum absolute atomic E-state index is 12.5. The molecule has 1 atom stereocenters. The van der Waals surface area contributed by atoms with Gasteiger partial charge in [0.2, 0.25) is 5.89 Å². The van der Waals surface area contributed by atoms with Gasteiger partial charge in [-0.15, -0.1) is 0 Å². The molecular formula is C16H20N4O3. The van der Waals surface area contributed by atoms with Crippen molar-refractivity contribution in [1.82, 2.24) is 15.0 Å². The number of carbonyl (C=O) groups excluding carboxylic acids is 1. The molecule has 7 nitrogen and oxygen atoms in total. The standard InChI is InChI=1S/C16H20N4O3/c1-11-18-15(23-19-11)9-17-13-5-2-4-12(8-13)16(22)20-7-3-6-14(21)10-20/h2,4-5,8,14,17,21H,3,6-7,9-10H2,1H3. The molecule has 1 unspecified atom stereocenters. The molecule has 1 aliphatic rings. The van der Waals surface area contributed by atoms with E-state index in [-0.39, 0.29) is 5.91 Å². The van der Waals surface area contributed by atoms with Crippen molar-refractivity contribution >= 4 is 11.6 Å². The fourth-order valence-corrected chi connectivity index (χ4v) is 2.67. The number of rotatable bonds is 4. The van der Waals surface area contributed by atoms with Crippen molar-refractivity contribution in [3.63, 3.8) is 0 Å². The molecule has 1 fully saturated rings. The Bertz CT molecular complexity index is 685. The summed E-state index contributed by atoms with van der Waals surface area (Å²) in [6.45, 7) is 3.26. The van der Waals surface area contributed by atoms with Crippen LogP contribution in [-0.2, 0) is 6.54 Å². The van der Waals surface area contributed by atoms with Crippen molar-refractivity contribution in [2.75, 3.05) is 18.4 Å². The first-order chi connectivity index (χ1) is 11.1. The van der Waals surface area contributed by atoms with Crippen LogP contribution in [0.4, 0.5) is 5.69 Å². The largest absolute Gasteiger partial charge is 0.391 e. The first kappa shape index (κ1) is 15.5. The molecule has 23 heavy (non-hydrogen) atoms. The van der Waals surface area contributed by atoms with E-state index in [9.17, 15) is 9.90 Å². The van der Waals surface area contributed by atoms with Gasteiger partial charge < -0.3 is 19.8 Å². The van der Waals surface area contributed by atoms with Crippen LogP contribution >= 0.6 is 0 Å². The van der Waals surface area contributed by atoms with Crippen LogP contribution in [0.5, 0.6) is 0 Å². The number of amides is 1. The Morgan fingerprint density at radius 1 is 1.52 bits per heavy atom. The predicted molar refractivity (Wildman–Crippen MR) is 83.9 cm³/mol. The van der Waals surface area contributed by atoms with E-state index in [0.29, 0.717) is 36.9 Å². The Balaban J connectivity index is 1.65. The van der Waals surface area contributed by atoms with Crippen molar-refractivity contribution < 1.29 is 14.4 Å². The number of anilines is 1. The molecule has 7 heteroatoms. The summed E-state index contributed by atoms with van der Waals surface area (Å²) in [5, 5.41) is 16.6. The monoisotopic (exact) mass is 316 g/mol. The molecule has 0 bridgehead atoms. The van der Waals surface area contributed by atoms with Crippen LogP contribution in [0.1, 0.15) is 34.9 Å². The molecule has 0 spiro atoms. The topological polar surface area (TPSA) is 91.5 Å². The minimum absolute atomic E-state index is 0.0546. The third-order valence-corrected chi connectivity index (χ3v) is 3.81. The van der Waals surface area contributed by atoms with Crippen LogP contribution < -0.4 is 5.32 Å². The van der Waals surface area contributed by atoms with E-state index in [4.69, 9.17) is 4.52 Å². The molecular weight excluding hydrogens is 296 g/mol. The van der Waals surface area contributed by atoms with Crippen molar-refractivity contribution in [3.05, 3.63) is 41.5 Å². The second kappa shape index (κ2) is 6.78. The first-order valence-electron chi connectivity index (χ1n) is 7.72. The summed E-state index contributed by atoms with van der Waals surface area (Å²) < 4.78 is 5.04. The number of aromatic nitrogens is 2. The molecule has 3 rings (SSSR count). The van der Waals surface area contributed by atoms with E-state index in [1.54, 1.807) is 24.0 Å². The average molecular weight is 316 g/mol. The van der Waals surface area contributed by atoms with Crippen molar-refractivity contribution in [1.29, 1.82) is 0 Å². The molecule has 2 heterocycles. The summed E-state index contributed by atoms with van der Waals surface area (Å²) in [7, 11) is 0. The Hall–Kier alpha value is -2.41. The maximum atomic E-state index is 12.5. The summed E-state index contributed by atoms with van der Waals surface area (Å²) in [6.07, 6.45) is 1.17. The van der Waals surface area contributed by atoms with Gasteiger partial charge in [-0.1, -0.05) is 11.2 Å². The number of hydrogen-bond donors (Lipinski definition) is 2. The van der Waals surface area contributed by atoms with Gasteiger partial charge in [0.15, 0.2) is 5.82 Å². The number of benzene rings is 1. The van der Waals surface area contributed by atoms with E-state index >= 15 is 0 Å². The SMILES string of the molecule is Cc1noc(CNc2cccc(C(=O)N3CCCC(O)C3)c2)n1. The smallest absolute Gasteiger partial charge is 0.254 e. The van der Waals surface area contributed by atoms with Gasteiger partial charge in [0.25, 0.3) is 5.91 Å². The van der Waals surface area contributed by atoms with E-state index in [0.717, 1.165) is 18.5 Å². The summed E-state index contributed by atoms with van der Waals surface area (Å²) in [5.74, 6) is 1.04. The fourth-order valence-electron chi connectivity index (χ4n) is 2.67. The van der Waals surface area contributed by atoms with Gasteiger partial charge in [0.05, 0.1) is 12.6 Å². The number of aliphatic hydroxyl groups excluding tert-OH is 1. The third kappa shape index (κ3) is 3.87. The van der Waals surface area contributed by atoms with Crippen molar-refractivity contribution in [2.24, 2.45) is 0 Å². The van der Waals surface area contributed by atoms with Gasteiger partial charge in [0, 0.05) is 24.3 Å². The maximum Gasteiger partial charge on any atom is 0.254 e. The molecule has 1 aliphatic heterocycles. The van der Waals surface area contributed by atoms with Crippen LogP contribution in [0.25, 0.3) is 0 Å². The summed E-state index contributed by atoms with van der Waals surface area (Å²) >= 11 is 0. The molecule has 0 radical (unpaired) electrons. The third-order valence-electron chi connectivity index (χ3n) is 3.81. The zero-order valence-electron chi connectivity index (χ0n) is 13.0. The molecule has 0 aliphatic carbocycles. The molecule has 0 saturated carbocycles. The van der Waals surface area contributed by atoms with Crippen molar-refractivity contribution in [2.45, 2.75) is 32.4 Å². The highest BCUT2D eigenvalue weighted by atomic mass is 16.5. The minimum Gasteiger partial charge on any atom is -0.391 e. The number of nitrogens with one attached hydrogen (secondary N) is 1. The van der Waals surface area contributed by atoms with Crippen LogP contribution in [-0.4, -0.2) is 45.2 Å². The van der Waals surface area contributed by atoms with E-state index < -0.39 is 6.10 Å². The van der Waals surface area contributed by atoms with E-state index in [1.807, 2.05) is 12.1 Å². The molecule has 1 aromatic carbocycles. The lowest BCUT2D eigenvalue weighted by atomic mass is 10.1. The normalized spacial score (nSPS) is 18.0. The fraction of sp³-hybridized carbons (Fsp3) is 0.438. The lowest BCUT2D eigenvalue weighted by Gasteiger charge is -2.30. The predicted octanol–water partition coefficient (Wildman–Crippen LogP) is 1.59. The number of aryl methyl sites for hydroxylation is 1.